The zero-order chi connectivity index (χ0) is 14.4. The summed E-state index contributed by atoms with van der Waals surface area (Å²) in [6.45, 7) is 3.54. The van der Waals surface area contributed by atoms with Gasteiger partial charge < -0.3 is 21.5 Å². The molecule has 0 heterocycles. The van der Waals surface area contributed by atoms with Crippen LogP contribution < -0.4 is 21.5 Å². The lowest BCUT2D eigenvalue weighted by molar-refractivity contribution is -0.120. The highest BCUT2D eigenvalue weighted by atomic mass is 16.5. The van der Waals surface area contributed by atoms with Gasteiger partial charge in [0.2, 0.25) is 5.91 Å². The molecule has 19 heavy (non-hydrogen) atoms. The van der Waals surface area contributed by atoms with Gasteiger partial charge in [0.25, 0.3) is 5.91 Å². The fraction of sp³-hybridized carbons (Fsp3) is 0.385. The topological polar surface area (TPSA) is 107 Å². The van der Waals surface area contributed by atoms with Crippen molar-refractivity contribution in [1.82, 2.24) is 0 Å². The van der Waals surface area contributed by atoms with Crippen LogP contribution in [0.2, 0.25) is 0 Å². The van der Waals surface area contributed by atoms with Crippen LogP contribution in [-0.4, -0.2) is 24.5 Å². The van der Waals surface area contributed by atoms with Gasteiger partial charge in [-0.15, -0.1) is 0 Å². The number of ether oxygens (including phenoxy) is 1. The maximum absolute atomic E-state index is 11.8. The molecule has 104 valence electrons. The maximum atomic E-state index is 11.8. The number of benzene rings is 1. The van der Waals surface area contributed by atoms with Crippen LogP contribution in [0.5, 0.6) is 5.75 Å². The van der Waals surface area contributed by atoms with Gasteiger partial charge in [-0.3, -0.25) is 9.59 Å². The molecule has 0 aliphatic rings. The third kappa shape index (κ3) is 4.97. The van der Waals surface area contributed by atoms with Gasteiger partial charge in [-0.05, 0) is 18.1 Å². The molecule has 0 aliphatic carbocycles. The Balaban J connectivity index is 2.66. The fourth-order valence-corrected chi connectivity index (χ4v) is 1.35. The van der Waals surface area contributed by atoms with Gasteiger partial charge >= 0.3 is 0 Å². The van der Waals surface area contributed by atoms with Gasteiger partial charge in [-0.1, -0.05) is 19.9 Å². The number of anilines is 1. The average Bonchev–Trinajstić information content (AvgIpc) is 2.35. The smallest absolute Gasteiger partial charge is 0.255 e. The van der Waals surface area contributed by atoms with Crippen molar-refractivity contribution >= 4 is 17.5 Å². The Morgan fingerprint density at radius 1 is 1.37 bits per heavy atom. The highest BCUT2D eigenvalue weighted by Crippen LogP contribution is 2.17. The van der Waals surface area contributed by atoms with Crippen LogP contribution in [0.25, 0.3) is 0 Å². The van der Waals surface area contributed by atoms with Gasteiger partial charge in [-0.25, -0.2) is 0 Å². The first-order valence-corrected chi connectivity index (χ1v) is 5.97. The molecule has 0 aliphatic heterocycles. The molecule has 6 nitrogen and oxygen atoms in total. The van der Waals surface area contributed by atoms with E-state index in [1.807, 2.05) is 13.8 Å². The summed E-state index contributed by atoms with van der Waals surface area (Å²) in [5, 5.41) is 2.69. The molecule has 0 unspecified atom stereocenters. The van der Waals surface area contributed by atoms with Crippen LogP contribution in [0.4, 0.5) is 5.69 Å². The molecule has 5 N–H and O–H groups in total. The third-order valence-electron chi connectivity index (χ3n) is 2.50. The summed E-state index contributed by atoms with van der Waals surface area (Å²) in [5.41, 5.74) is 11.3. The third-order valence-corrected chi connectivity index (χ3v) is 2.50. The van der Waals surface area contributed by atoms with Crippen LogP contribution >= 0.6 is 0 Å². The summed E-state index contributed by atoms with van der Waals surface area (Å²) in [4.78, 5) is 22.4. The summed E-state index contributed by atoms with van der Waals surface area (Å²) >= 11 is 0. The second-order valence-electron chi connectivity index (χ2n) is 4.54. The Labute approximate surface area is 112 Å². The monoisotopic (exact) mass is 265 g/mol. The summed E-state index contributed by atoms with van der Waals surface area (Å²) in [6.07, 6.45) is 0. The van der Waals surface area contributed by atoms with Crippen molar-refractivity contribution in [1.29, 1.82) is 0 Å². The summed E-state index contributed by atoms with van der Waals surface area (Å²) in [7, 11) is 0. The molecule has 2 amide bonds. The van der Waals surface area contributed by atoms with Crippen molar-refractivity contribution in [2.45, 2.75) is 19.9 Å². The van der Waals surface area contributed by atoms with E-state index in [0.29, 0.717) is 11.4 Å². The molecule has 0 spiro atoms. The van der Waals surface area contributed by atoms with Gasteiger partial charge in [0.1, 0.15) is 5.75 Å². The Bertz CT molecular complexity index is 460. The summed E-state index contributed by atoms with van der Waals surface area (Å²) in [5.74, 6) is -0.317. The number of nitrogens with two attached hydrogens (primary N) is 2. The van der Waals surface area contributed by atoms with Crippen molar-refractivity contribution in [2.24, 2.45) is 17.4 Å². The number of rotatable bonds is 6. The highest BCUT2D eigenvalue weighted by molar-refractivity contribution is 5.95. The van der Waals surface area contributed by atoms with Crippen molar-refractivity contribution in [3.63, 3.8) is 0 Å². The second kappa shape index (κ2) is 6.75. The van der Waals surface area contributed by atoms with Crippen LogP contribution in [0, 0.1) is 5.92 Å². The molecular formula is C13H19N3O3. The Morgan fingerprint density at radius 3 is 2.63 bits per heavy atom. The predicted molar refractivity (Wildman–Crippen MR) is 72.6 cm³/mol. The van der Waals surface area contributed by atoms with Crippen LogP contribution in [0.3, 0.4) is 0 Å². The maximum Gasteiger partial charge on any atom is 0.255 e. The zero-order valence-electron chi connectivity index (χ0n) is 11.1. The molecule has 0 saturated heterocycles. The molecule has 0 fully saturated rings. The highest BCUT2D eigenvalue weighted by Gasteiger charge is 2.17. The van der Waals surface area contributed by atoms with Crippen molar-refractivity contribution in [3.8, 4) is 5.75 Å². The normalized spacial score (nSPS) is 12.0. The van der Waals surface area contributed by atoms with Crippen molar-refractivity contribution in [2.75, 3.05) is 11.9 Å². The van der Waals surface area contributed by atoms with E-state index in [-0.39, 0.29) is 18.4 Å². The summed E-state index contributed by atoms with van der Waals surface area (Å²) in [6, 6.07) is 6.11. The first-order valence-electron chi connectivity index (χ1n) is 5.97. The molecule has 0 saturated carbocycles. The quantitative estimate of drug-likeness (QED) is 0.695. The van der Waals surface area contributed by atoms with E-state index in [9.17, 15) is 9.59 Å². The Kier molecular flexibility index (Phi) is 5.32. The number of amides is 2. The Morgan fingerprint density at radius 2 is 2.05 bits per heavy atom. The largest absolute Gasteiger partial charge is 0.484 e. The molecule has 1 aromatic carbocycles. The minimum Gasteiger partial charge on any atom is -0.484 e. The number of hydrogen-bond donors (Lipinski definition) is 3. The zero-order valence-corrected chi connectivity index (χ0v) is 11.1. The molecule has 6 heteroatoms. The lowest BCUT2D eigenvalue weighted by atomic mass is 10.0. The van der Waals surface area contributed by atoms with Crippen molar-refractivity contribution < 1.29 is 14.3 Å². The average molecular weight is 265 g/mol. The number of nitrogens with one attached hydrogen (secondary N) is 1. The first-order chi connectivity index (χ1) is 8.90. The van der Waals surface area contributed by atoms with Gasteiger partial charge in [0, 0.05) is 11.8 Å². The molecule has 0 bridgehead atoms. The molecule has 0 aromatic heterocycles. The second-order valence-corrected chi connectivity index (χ2v) is 4.54. The SMILES string of the molecule is CC(C)[C@@H](N)C(=O)Nc1cccc(OCC(N)=O)c1. The summed E-state index contributed by atoms with van der Waals surface area (Å²) < 4.78 is 5.14. The number of carbonyl (C=O) groups excluding carboxylic acids is 2. The molecule has 1 aromatic rings. The van der Waals surface area contributed by atoms with E-state index in [0.717, 1.165) is 0 Å². The lowest BCUT2D eigenvalue weighted by Crippen LogP contribution is -2.39. The number of carbonyl (C=O) groups is 2. The van der Waals surface area contributed by atoms with E-state index < -0.39 is 11.9 Å². The molecule has 1 atom stereocenters. The van der Waals surface area contributed by atoms with E-state index >= 15 is 0 Å². The number of primary amides is 1. The van der Waals surface area contributed by atoms with Crippen LogP contribution in [0.15, 0.2) is 24.3 Å². The lowest BCUT2D eigenvalue weighted by Gasteiger charge is -2.15. The van der Waals surface area contributed by atoms with Crippen LogP contribution in [-0.2, 0) is 9.59 Å². The van der Waals surface area contributed by atoms with Gasteiger partial charge in [0.15, 0.2) is 6.61 Å². The molecule has 1 rings (SSSR count). The van der Waals surface area contributed by atoms with Gasteiger partial charge in [0.05, 0.1) is 6.04 Å². The minimum atomic E-state index is -0.574. The number of hydrogen-bond acceptors (Lipinski definition) is 4. The minimum absolute atomic E-state index is 0.0503. The fourth-order valence-electron chi connectivity index (χ4n) is 1.35. The predicted octanol–water partition coefficient (Wildman–Crippen LogP) is 0.472. The van der Waals surface area contributed by atoms with Crippen molar-refractivity contribution in [3.05, 3.63) is 24.3 Å². The van der Waals surface area contributed by atoms with E-state index in [1.165, 1.54) is 0 Å². The molecule has 0 radical (unpaired) electrons. The van der Waals surface area contributed by atoms with E-state index in [1.54, 1.807) is 24.3 Å². The van der Waals surface area contributed by atoms with Gasteiger partial charge in [-0.2, -0.15) is 0 Å². The van der Waals surface area contributed by atoms with Crippen LogP contribution in [0.1, 0.15) is 13.8 Å². The molecular weight excluding hydrogens is 246 g/mol. The standard InChI is InChI=1S/C13H19N3O3/c1-8(2)12(15)13(18)16-9-4-3-5-10(6-9)19-7-11(14)17/h3-6,8,12H,7,15H2,1-2H3,(H2,14,17)(H,16,18)/t12-/m1/s1. The van der Waals surface area contributed by atoms with E-state index in [2.05, 4.69) is 5.32 Å². The van der Waals surface area contributed by atoms with E-state index in [4.69, 9.17) is 16.2 Å². The Hall–Kier alpha value is -2.08. The first kappa shape index (κ1) is 15.0.